The molecule has 0 atom stereocenters. The smallest absolute Gasteiger partial charge is 0.405 e. The first-order valence-electron chi connectivity index (χ1n) is 13.3. The van der Waals surface area contributed by atoms with Gasteiger partial charge in [0.1, 0.15) is 12.3 Å². The molecule has 2 fully saturated rings. The second-order valence-electron chi connectivity index (χ2n) is 10.6. The Kier molecular flexibility index (Phi) is 7.34. The number of sulfonamides is 1. The average molecular weight is 567 g/mol. The number of halogens is 3. The molecular weight excluding hydrogens is 533 g/mol. The number of hydrogen-bond acceptors (Lipinski definition) is 6. The Morgan fingerprint density at radius 1 is 1.00 bits per heavy atom. The third-order valence-electron chi connectivity index (χ3n) is 7.78. The van der Waals surface area contributed by atoms with E-state index in [9.17, 15) is 26.4 Å². The van der Waals surface area contributed by atoms with Gasteiger partial charge in [-0.15, -0.1) is 0 Å². The van der Waals surface area contributed by atoms with E-state index in [1.165, 1.54) is 23.8 Å². The fourth-order valence-electron chi connectivity index (χ4n) is 5.30. The summed E-state index contributed by atoms with van der Waals surface area (Å²) in [5, 5.41) is 2.83. The summed E-state index contributed by atoms with van der Waals surface area (Å²) in [6.07, 6.45) is 0.527. The van der Waals surface area contributed by atoms with Crippen molar-refractivity contribution in [3.05, 3.63) is 42.0 Å². The monoisotopic (exact) mass is 566 g/mol. The number of alkyl halides is 3. The number of carbonyl (C=O) groups is 1. The summed E-state index contributed by atoms with van der Waals surface area (Å²) < 4.78 is 72.2. The third-order valence-corrected chi connectivity index (χ3v) is 9.08. The number of ether oxygens (including phenoxy) is 1. The summed E-state index contributed by atoms with van der Waals surface area (Å²) >= 11 is 0. The van der Waals surface area contributed by atoms with Gasteiger partial charge in [-0.2, -0.15) is 13.2 Å². The number of amides is 1. The molecule has 12 heteroatoms. The molecule has 8 nitrogen and oxygen atoms in total. The Bertz CT molecular complexity index is 1340. The van der Waals surface area contributed by atoms with Gasteiger partial charge in [0.2, 0.25) is 10.0 Å². The number of carbonyl (C=O) groups excluding carboxylic acids is 1. The predicted octanol–water partition coefficient (Wildman–Crippen LogP) is 5.23. The zero-order chi connectivity index (χ0) is 27.8. The highest BCUT2D eigenvalue weighted by Crippen LogP contribution is 2.54. The molecule has 2 N–H and O–H groups in total. The van der Waals surface area contributed by atoms with Crippen molar-refractivity contribution >= 4 is 38.7 Å². The number of anilines is 4. The van der Waals surface area contributed by atoms with E-state index in [0.717, 1.165) is 25.9 Å². The molecule has 2 aromatic rings. The molecule has 0 bridgehead atoms. The van der Waals surface area contributed by atoms with E-state index < -0.39 is 28.7 Å². The molecule has 2 aliphatic heterocycles. The molecule has 1 aliphatic carbocycles. The van der Waals surface area contributed by atoms with Crippen LogP contribution in [0.4, 0.5) is 35.9 Å². The topological polar surface area (TPSA) is 91.0 Å². The Labute approximate surface area is 226 Å². The fourth-order valence-corrected chi connectivity index (χ4v) is 5.93. The quantitative estimate of drug-likeness (QED) is 0.477. The standard InChI is InChI=1S/C27H33F3N4O4S/c1-2-39(36,37)32-20-4-6-21(22(17-20)33-13-10-26(8-9-26)11-14-33)25(35)31-19-5-7-24-23(16-19)34(12-3-15-38-24)18-27(28,29)30/h4-7,16-17,32H,2-3,8-15,18H2,1H3,(H,31,35). The minimum Gasteiger partial charge on any atom is -0.491 e. The van der Waals surface area contributed by atoms with Crippen LogP contribution in [0.15, 0.2) is 36.4 Å². The summed E-state index contributed by atoms with van der Waals surface area (Å²) in [5.41, 5.74) is 2.38. The minimum atomic E-state index is -4.38. The molecule has 0 unspecified atom stereocenters. The maximum absolute atomic E-state index is 13.5. The van der Waals surface area contributed by atoms with Crippen LogP contribution in [0.25, 0.3) is 0 Å². The van der Waals surface area contributed by atoms with Crippen LogP contribution in [0, 0.1) is 5.41 Å². The van der Waals surface area contributed by atoms with Gasteiger partial charge in [-0.3, -0.25) is 9.52 Å². The van der Waals surface area contributed by atoms with E-state index >= 15 is 0 Å². The fraction of sp³-hybridized carbons (Fsp3) is 0.519. The maximum atomic E-state index is 13.5. The average Bonchev–Trinajstić information content (AvgIpc) is 3.67. The summed E-state index contributed by atoms with van der Waals surface area (Å²) in [6.45, 7) is 2.43. The van der Waals surface area contributed by atoms with E-state index in [1.807, 2.05) is 0 Å². The van der Waals surface area contributed by atoms with Crippen LogP contribution >= 0.6 is 0 Å². The highest BCUT2D eigenvalue weighted by Gasteiger charge is 2.44. The number of nitrogens with zero attached hydrogens (tertiary/aromatic N) is 2. The molecule has 2 heterocycles. The van der Waals surface area contributed by atoms with Gasteiger partial charge in [0.05, 0.1) is 35.0 Å². The van der Waals surface area contributed by atoms with Crippen molar-refractivity contribution in [3.63, 3.8) is 0 Å². The highest BCUT2D eigenvalue weighted by molar-refractivity contribution is 7.92. The first-order chi connectivity index (χ1) is 18.5. The maximum Gasteiger partial charge on any atom is 0.405 e. The number of hydrogen-bond donors (Lipinski definition) is 2. The Morgan fingerprint density at radius 3 is 2.36 bits per heavy atom. The van der Waals surface area contributed by atoms with Crippen molar-refractivity contribution in [2.24, 2.45) is 5.41 Å². The SMILES string of the molecule is CCS(=O)(=O)Nc1ccc(C(=O)Nc2ccc3c(c2)N(CC(F)(F)F)CCCO3)c(N2CCC3(CC2)CC3)c1. The number of piperidine rings is 1. The molecule has 39 heavy (non-hydrogen) atoms. The van der Waals surface area contributed by atoms with Gasteiger partial charge in [0.15, 0.2) is 0 Å². The van der Waals surface area contributed by atoms with Crippen molar-refractivity contribution in [1.29, 1.82) is 0 Å². The van der Waals surface area contributed by atoms with Crippen LogP contribution < -0.4 is 24.6 Å². The van der Waals surface area contributed by atoms with Crippen molar-refractivity contribution < 1.29 is 31.1 Å². The van der Waals surface area contributed by atoms with Crippen LogP contribution in [0.5, 0.6) is 5.75 Å². The van der Waals surface area contributed by atoms with Crippen LogP contribution in [-0.2, 0) is 10.0 Å². The van der Waals surface area contributed by atoms with Crippen molar-refractivity contribution in [2.45, 2.75) is 45.2 Å². The van der Waals surface area contributed by atoms with Gasteiger partial charge in [-0.1, -0.05) is 0 Å². The molecule has 1 amide bonds. The predicted molar refractivity (Wildman–Crippen MR) is 145 cm³/mol. The van der Waals surface area contributed by atoms with Gasteiger partial charge in [-0.25, -0.2) is 8.42 Å². The van der Waals surface area contributed by atoms with Crippen LogP contribution in [0.3, 0.4) is 0 Å². The molecular formula is C27H33F3N4O4S. The Balaban J connectivity index is 1.42. The first-order valence-corrected chi connectivity index (χ1v) is 14.9. The van der Waals surface area contributed by atoms with Crippen molar-refractivity contribution in [1.82, 2.24) is 0 Å². The van der Waals surface area contributed by atoms with E-state index in [4.69, 9.17) is 4.74 Å². The molecule has 0 aromatic heterocycles. The van der Waals surface area contributed by atoms with Crippen molar-refractivity contribution in [3.8, 4) is 5.75 Å². The van der Waals surface area contributed by atoms with E-state index in [0.29, 0.717) is 46.8 Å². The van der Waals surface area contributed by atoms with Crippen LogP contribution in [0.1, 0.15) is 49.4 Å². The first kappa shape index (κ1) is 27.4. The molecule has 1 saturated heterocycles. The molecule has 1 saturated carbocycles. The lowest BCUT2D eigenvalue weighted by Crippen LogP contribution is -2.36. The van der Waals surface area contributed by atoms with E-state index in [1.54, 1.807) is 37.3 Å². The molecule has 5 rings (SSSR count). The summed E-state index contributed by atoms with van der Waals surface area (Å²) in [5.74, 6) is -0.173. The number of rotatable bonds is 7. The van der Waals surface area contributed by atoms with Gasteiger partial charge in [-0.05, 0) is 80.8 Å². The molecule has 3 aliphatic rings. The lowest BCUT2D eigenvalue weighted by atomic mass is 9.93. The normalized spacial score (nSPS) is 18.7. The Morgan fingerprint density at radius 2 is 1.69 bits per heavy atom. The van der Waals surface area contributed by atoms with E-state index in [2.05, 4.69) is 14.9 Å². The van der Waals surface area contributed by atoms with Gasteiger partial charge in [0, 0.05) is 25.3 Å². The number of benzene rings is 2. The van der Waals surface area contributed by atoms with Gasteiger partial charge in [0.25, 0.3) is 5.91 Å². The zero-order valence-electron chi connectivity index (χ0n) is 21.8. The van der Waals surface area contributed by atoms with Crippen LogP contribution in [0.2, 0.25) is 0 Å². The molecule has 212 valence electrons. The molecule has 2 aromatic carbocycles. The second kappa shape index (κ2) is 10.4. The highest BCUT2D eigenvalue weighted by atomic mass is 32.2. The van der Waals surface area contributed by atoms with Gasteiger partial charge >= 0.3 is 6.18 Å². The number of fused-ring (bicyclic) bond motifs is 1. The van der Waals surface area contributed by atoms with E-state index in [-0.39, 0.29) is 18.0 Å². The third kappa shape index (κ3) is 6.54. The molecule has 1 spiro atoms. The minimum absolute atomic E-state index is 0.0792. The Hall–Kier alpha value is -3.15. The summed E-state index contributed by atoms with van der Waals surface area (Å²) in [4.78, 5) is 16.8. The lowest BCUT2D eigenvalue weighted by molar-refractivity contribution is -0.119. The second-order valence-corrected chi connectivity index (χ2v) is 12.6. The van der Waals surface area contributed by atoms with Gasteiger partial charge < -0.3 is 19.9 Å². The largest absolute Gasteiger partial charge is 0.491 e. The van der Waals surface area contributed by atoms with Crippen LogP contribution in [-0.4, -0.2) is 59.0 Å². The number of nitrogens with one attached hydrogen (secondary N) is 2. The lowest BCUT2D eigenvalue weighted by Gasteiger charge is -2.35. The summed E-state index contributed by atoms with van der Waals surface area (Å²) in [6, 6.07) is 9.50. The van der Waals surface area contributed by atoms with Crippen molar-refractivity contribution in [2.75, 3.05) is 58.4 Å². The zero-order valence-corrected chi connectivity index (χ0v) is 22.6. The molecule has 0 radical (unpaired) electrons. The summed E-state index contributed by atoms with van der Waals surface area (Å²) in [7, 11) is -3.51.